The molecule has 28 heavy (non-hydrogen) atoms. The summed E-state index contributed by atoms with van der Waals surface area (Å²) in [6.07, 6.45) is 3.83. The maximum atomic E-state index is 6.40. The van der Waals surface area contributed by atoms with Crippen molar-refractivity contribution >= 4 is 5.65 Å². The number of ether oxygens (including phenoxy) is 2. The molecule has 0 radical (unpaired) electrons. The van der Waals surface area contributed by atoms with Gasteiger partial charge in [-0.15, -0.1) is 10.2 Å². The molecule has 2 aromatic heterocycles. The number of fused-ring (bicyclic) bond motifs is 2. The summed E-state index contributed by atoms with van der Waals surface area (Å²) >= 11 is 0. The number of likely N-dealkylation sites (N-methyl/N-ethyl adjacent to an activating group) is 1. The van der Waals surface area contributed by atoms with Crippen LogP contribution in [0, 0.1) is 0 Å². The number of hydrogen-bond donors (Lipinski definition) is 1. The summed E-state index contributed by atoms with van der Waals surface area (Å²) in [6.45, 7) is 2.26. The van der Waals surface area contributed by atoms with Crippen molar-refractivity contribution in [1.82, 2.24) is 19.5 Å². The van der Waals surface area contributed by atoms with E-state index in [1.54, 1.807) is 0 Å². The second-order valence-electron chi connectivity index (χ2n) is 7.64. The molecule has 1 saturated heterocycles. The lowest BCUT2D eigenvalue weighted by Crippen LogP contribution is -2.37. The smallest absolute Gasteiger partial charge is 0.161 e. The molecular formula is C21H25N5O2. The molecule has 3 heterocycles. The van der Waals surface area contributed by atoms with E-state index in [-0.39, 0.29) is 18.2 Å². The molecule has 1 fully saturated rings. The number of nitrogens with zero attached hydrogens (tertiary/aromatic N) is 4. The third-order valence-corrected chi connectivity index (χ3v) is 5.86. The Morgan fingerprint density at radius 3 is 2.82 bits per heavy atom. The van der Waals surface area contributed by atoms with Gasteiger partial charge < -0.3 is 15.2 Å². The van der Waals surface area contributed by atoms with E-state index in [2.05, 4.69) is 34.3 Å². The molecule has 1 aliphatic carbocycles. The van der Waals surface area contributed by atoms with Crippen LogP contribution in [-0.2, 0) is 4.74 Å². The molecule has 5 rings (SSSR count). The van der Waals surface area contributed by atoms with E-state index in [9.17, 15) is 0 Å². The van der Waals surface area contributed by atoms with Crippen molar-refractivity contribution < 1.29 is 9.47 Å². The molecular weight excluding hydrogens is 354 g/mol. The lowest BCUT2D eigenvalue weighted by Gasteiger charge is -2.31. The number of hydrogen-bond acceptors (Lipinski definition) is 6. The van der Waals surface area contributed by atoms with Gasteiger partial charge in [-0.3, -0.25) is 9.30 Å². The molecule has 0 unspecified atom stereocenters. The minimum Gasteiger partial charge on any atom is -0.484 e. The highest BCUT2D eigenvalue weighted by Gasteiger charge is 2.28. The Labute approximate surface area is 164 Å². The minimum atomic E-state index is 0.00840. The predicted octanol–water partition coefficient (Wildman–Crippen LogP) is 2.65. The highest BCUT2D eigenvalue weighted by Crippen LogP contribution is 2.37. The van der Waals surface area contributed by atoms with Gasteiger partial charge in [0.1, 0.15) is 11.9 Å². The third-order valence-electron chi connectivity index (χ3n) is 5.86. The van der Waals surface area contributed by atoms with E-state index in [1.165, 1.54) is 11.1 Å². The fraction of sp³-hybridized carbons (Fsp3) is 0.429. The van der Waals surface area contributed by atoms with E-state index >= 15 is 0 Å². The Kier molecular flexibility index (Phi) is 4.50. The Morgan fingerprint density at radius 1 is 1.11 bits per heavy atom. The summed E-state index contributed by atoms with van der Waals surface area (Å²) in [7, 11) is 2.09. The topological polar surface area (TPSA) is 77.9 Å². The van der Waals surface area contributed by atoms with Gasteiger partial charge in [0.05, 0.1) is 25.5 Å². The number of benzene rings is 1. The molecule has 2 N–H and O–H groups in total. The van der Waals surface area contributed by atoms with E-state index in [1.807, 2.05) is 34.9 Å². The lowest BCUT2D eigenvalue weighted by atomic mass is 9.86. The summed E-state index contributed by atoms with van der Waals surface area (Å²) in [6, 6.07) is 12.4. The van der Waals surface area contributed by atoms with Gasteiger partial charge in [-0.05, 0) is 43.1 Å². The molecule has 3 atom stereocenters. The molecule has 146 valence electrons. The van der Waals surface area contributed by atoms with Crippen LogP contribution in [0.5, 0.6) is 5.75 Å². The Morgan fingerprint density at radius 2 is 1.96 bits per heavy atom. The average molecular weight is 379 g/mol. The second kappa shape index (κ2) is 7.16. The van der Waals surface area contributed by atoms with Crippen LogP contribution in [0.1, 0.15) is 48.0 Å². The predicted molar refractivity (Wildman–Crippen MR) is 105 cm³/mol. The third kappa shape index (κ3) is 3.05. The number of rotatable bonds is 3. The van der Waals surface area contributed by atoms with Gasteiger partial charge in [0.25, 0.3) is 0 Å². The molecule has 1 aliphatic heterocycles. The van der Waals surface area contributed by atoms with Gasteiger partial charge in [-0.2, -0.15) is 0 Å². The van der Waals surface area contributed by atoms with Gasteiger partial charge in [-0.25, -0.2) is 0 Å². The van der Waals surface area contributed by atoms with Crippen LogP contribution in [0.3, 0.4) is 0 Å². The molecule has 0 amide bonds. The summed E-state index contributed by atoms with van der Waals surface area (Å²) in [5.74, 6) is 1.69. The van der Waals surface area contributed by atoms with Crippen molar-refractivity contribution in [2.24, 2.45) is 5.73 Å². The molecule has 3 aromatic rings. The Hall–Kier alpha value is -2.48. The lowest BCUT2D eigenvalue weighted by molar-refractivity contribution is 0.00144. The van der Waals surface area contributed by atoms with E-state index < -0.39 is 0 Å². The van der Waals surface area contributed by atoms with Crippen LogP contribution in [0.15, 0.2) is 42.6 Å². The molecule has 7 nitrogen and oxygen atoms in total. The first-order valence-corrected chi connectivity index (χ1v) is 9.84. The first-order chi connectivity index (χ1) is 13.7. The first kappa shape index (κ1) is 17.6. The van der Waals surface area contributed by atoms with Gasteiger partial charge in [0.2, 0.25) is 0 Å². The van der Waals surface area contributed by atoms with Gasteiger partial charge in [0.15, 0.2) is 11.5 Å². The number of aromatic nitrogens is 3. The highest BCUT2D eigenvalue weighted by atomic mass is 16.5. The molecule has 0 spiro atoms. The number of nitrogens with two attached hydrogens (primary N) is 1. The summed E-state index contributed by atoms with van der Waals surface area (Å²) in [5.41, 5.74) is 9.47. The zero-order valence-corrected chi connectivity index (χ0v) is 16.0. The van der Waals surface area contributed by atoms with Crippen LogP contribution in [0.4, 0.5) is 0 Å². The maximum absolute atomic E-state index is 6.40. The fourth-order valence-electron chi connectivity index (χ4n) is 4.21. The quantitative estimate of drug-likeness (QED) is 0.754. The highest BCUT2D eigenvalue weighted by molar-refractivity contribution is 5.42. The van der Waals surface area contributed by atoms with Crippen molar-refractivity contribution in [2.45, 2.75) is 31.0 Å². The normalized spacial score (nSPS) is 25.6. The standard InChI is InChI=1S/C21H25N5O2/c1-25-10-11-27-13-18(25)21-24-23-20-9-6-14(12-26(20)21)28-19-8-7-17(22)15-4-2-3-5-16(15)19/h2-6,9,12,17-19H,7-8,10-11,13,22H2,1H3/t17-,18-,19+/m0/s1. The zero-order chi connectivity index (χ0) is 19.1. The molecule has 2 aliphatic rings. The van der Waals surface area contributed by atoms with E-state index in [0.29, 0.717) is 6.61 Å². The Balaban J connectivity index is 1.46. The average Bonchev–Trinajstić information content (AvgIpc) is 3.14. The van der Waals surface area contributed by atoms with Crippen LogP contribution in [0.2, 0.25) is 0 Å². The largest absolute Gasteiger partial charge is 0.484 e. The molecule has 0 saturated carbocycles. The molecule has 0 bridgehead atoms. The maximum Gasteiger partial charge on any atom is 0.161 e. The van der Waals surface area contributed by atoms with Gasteiger partial charge in [-0.1, -0.05) is 24.3 Å². The summed E-state index contributed by atoms with van der Waals surface area (Å²) < 4.78 is 14.1. The summed E-state index contributed by atoms with van der Waals surface area (Å²) in [5, 5.41) is 8.74. The van der Waals surface area contributed by atoms with Crippen molar-refractivity contribution in [1.29, 1.82) is 0 Å². The zero-order valence-electron chi connectivity index (χ0n) is 16.0. The fourth-order valence-corrected chi connectivity index (χ4v) is 4.21. The minimum absolute atomic E-state index is 0.00840. The van der Waals surface area contributed by atoms with E-state index in [4.69, 9.17) is 15.2 Å². The van der Waals surface area contributed by atoms with Crippen LogP contribution < -0.4 is 10.5 Å². The van der Waals surface area contributed by atoms with Crippen molar-refractivity contribution in [3.63, 3.8) is 0 Å². The number of pyridine rings is 1. The first-order valence-electron chi connectivity index (χ1n) is 9.84. The van der Waals surface area contributed by atoms with E-state index in [0.717, 1.165) is 43.2 Å². The monoisotopic (exact) mass is 379 g/mol. The number of morpholine rings is 1. The second-order valence-corrected chi connectivity index (χ2v) is 7.64. The van der Waals surface area contributed by atoms with Gasteiger partial charge in [0, 0.05) is 12.6 Å². The molecule has 1 aromatic carbocycles. The Bertz CT molecular complexity index is 988. The molecule has 7 heteroatoms. The van der Waals surface area contributed by atoms with Crippen molar-refractivity contribution in [3.05, 3.63) is 59.5 Å². The van der Waals surface area contributed by atoms with Crippen LogP contribution >= 0.6 is 0 Å². The van der Waals surface area contributed by atoms with Crippen LogP contribution in [0.25, 0.3) is 5.65 Å². The van der Waals surface area contributed by atoms with Gasteiger partial charge >= 0.3 is 0 Å². The summed E-state index contributed by atoms with van der Waals surface area (Å²) in [4.78, 5) is 2.26. The van der Waals surface area contributed by atoms with Crippen molar-refractivity contribution in [2.75, 3.05) is 26.8 Å². The van der Waals surface area contributed by atoms with Crippen LogP contribution in [-0.4, -0.2) is 46.3 Å². The SMILES string of the molecule is CN1CCOC[C@H]1c1nnc2ccc(O[C@@H]3CC[C@H](N)c4ccccc43)cn12. The van der Waals surface area contributed by atoms with Crippen molar-refractivity contribution in [3.8, 4) is 5.75 Å².